The first kappa shape index (κ1) is 14.6. The van der Waals surface area contributed by atoms with E-state index < -0.39 is 11.4 Å². The molecule has 2 rings (SSSR count). The van der Waals surface area contributed by atoms with Crippen LogP contribution >= 0.6 is 0 Å². The number of nitrogens with one attached hydrogen (secondary N) is 1. The van der Waals surface area contributed by atoms with Gasteiger partial charge in [-0.15, -0.1) is 0 Å². The molecule has 0 aromatic heterocycles. The number of aryl methyl sites for hydroxylation is 1. The Bertz CT molecular complexity index is 464. The molecule has 0 aliphatic heterocycles. The van der Waals surface area contributed by atoms with Crippen LogP contribution in [0, 0.1) is 5.41 Å². The molecule has 1 saturated carbocycles. The van der Waals surface area contributed by atoms with Crippen LogP contribution in [0.25, 0.3) is 0 Å². The number of carbonyl (C=O) groups is 2. The number of hydrogen-bond donors (Lipinski definition) is 2. The Labute approximate surface area is 119 Å². The maximum absolute atomic E-state index is 12.1. The van der Waals surface area contributed by atoms with E-state index >= 15 is 0 Å². The van der Waals surface area contributed by atoms with Crippen LogP contribution in [0.15, 0.2) is 30.3 Å². The zero-order chi connectivity index (χ0) is 14.4. The second kappa shape index (κ2) is 6.55. The molecule has 1 aromatic carbocycles. The summed E-state index contributed by atoms with van der Waals surface area (Å²) in [7, 11) is 0. The molecule has 0 radical (unpaired) electrons. The molecule has 20 heavy (non-hydrogen) atoms. The second-order valence-corrected chi connectivity index (χ2v) is 5.44. The fraction of sp³-hybridized carbons (Fsp3) is 0.500. The molecular formula is C16H21NO3. The van der Waals surface area contributed by atoms with Gasteiger partial charge in [0.25, 0.3) is 0 Å². The third kappa shape index (κ3) is 3.18. The van der Waals surface area contributed by atoms with Crippen molar-refractivity contribution in [2.45, 2.75) is 38.5 Å². The van der Waals surface area contributed by atoms with E-state index in [9.17, 15) is 14.7 Å². The fourth-order valence-electron chi connectivity index (χ4n) is 2.82. The summed E-state index contributed by atoms with van der Waals surface area (Å²) in [4.78, 5) is 23.5. The molecule has 0 atom stereocenters. The highest BCUT2D eigenvalue weighted by molar-refractivity contribution is 6.02. The first-order valence-corrected chi connectivity index (χ1v) is 7.21. The predicted octanol–water partition coefficient (Wildman–Crippen LogP) is 2.38. The highest BCUT2D eigenvalue weighted by Crippen LogP contribution is 2.38. The largest absolute Gasteiger partial charge is 0.480 e. The lowest BCUT2D eigenvalue weighted by atomic mass is 9.85. The average molecular weight is 275 g/mol. The zero-order valence-corrected chi connectivity index (χ0v) is 11.6. The van der Waals surface area contributed by atoms with Crippen molar-refractivity contribution in [3.8, 4) is 0 Å². The maximum Gasteiger partial charge on any atom is 0.319 e. The molecule has 4 nitrogen and oxygen atoms in total. The lowest BCUT2D eigenvalue weighted by Gasteiger charge is -2.22. The van der Waals surface area contributed by atoms with Crippen molar-refractivity contribution in [1.29, 1.82) is 0 Å². The van der Waals surface area contributed by atoms with Crippen LogP contribution in [0.2, 0.25) is 0 Å². The van der Waals surface area contributed by atoms with Gasteiger partial charge in [0.15, 0.2) is 0 Å². The number of carboxylic acid groups (broad SMARTS) is 1. The van der Waals surface area contributed by atoms with Crippen LogP contribution in [0.4, 0.5) is 0 Å². The molecule has 2 N–H and O–H groups in total. The molecule has 1 aliphatic carbocycles. The summed E-state index contributed by atoms with van der Waals surface area (Å²) in [5, 5.41) is 12.1. The van der Waals surface area contributed by atoms with Gasteiger partial charge >= 0.3 is 5.97 Å². The number of benzene rings is 1. The van der Waals surface area contributed by atoms with Crippen LogP contribution in [0.5, 0.6) is 0 Å². The molecule has 1 amide bonds. The van der Waals surface area contributed by atoms with Crippen molar-refractivity contribution in [2.75, 3.05) is 6.54 Å². The van der Waals surface area contributed by atoms with Crippen molar-refractivity contribution < 1.29 is 14.7 Å². The minimum absolute atomic E-state index is 0.310. The van der Waals surface area contributed by atoms with Gasteiger partial charge in [-0.2, -0.15) is 0 Å². The van der Waals surface area contributed by atoms with Crippen LogP contribution in [0.1, 0.15) is 37.7 Å². The molecule has 0 spiro atoms. The Morgan fingerprint density at radius 3 is 2.40 bits per heavy atom. The van der Waals surface area contributed by atoms with Crippen molar-refractivity contribution in [2.24, 2.45) is 5.41 Å². The third-order valence-corrected chi connectivity index (χ3v) is 4.07. The van der Waals surface area contributed by atoms with Crippen molar-refractivity contribution >= 4 is 11.9 Å². The summed E-state index contributed by atoms with van der Waals surface area (Å²) in [5.41, 5.74) is 0.0581. The first-order chi connectivity index (χ1) is 9.65. The number of aliphatic carboxylic acids is 1. The van der Waals surface area contributed by atoms with Crippen molar-refractivity contribution in [3.05, 3.63) is 35.9 Å². The number of amides is 1. The molecular weight excluding hydrogens is 254 g/mol. The molecule has 0 saturated heterocycles. The minimum atomic E-state index is -1.17. The molecule has 1 aromatic rings. The van der Waals surface area contributed by atoms with Crippen LogP contribution in [-0.4, -0.2) is 23.5 Å². The van der Waals surface area contributed by atoms with Crippen LogP contribution in [0.3, 0.4) is 0 Å². The van der Waals surface area contributed by atoms with Crippen LogP contribution in [-0.2, 0) is 16.0 Å². The Morgan fingerprint density at radius 2 is 1.80 bits per heavy atom. The quantitative estimate of drug-likeness (QED) is 0.619. The van der Waals surface area contributed by atoms with E-state index in [-0.39, 0.29) is 5.91 Å². The van der Waals surface area contributed by atoms with Gasteiger partial charge in [-0.1, -0.05) is 43.2 Å². The summed E-state index contributed by atoms with van der Waals surface area (Å²) in [6.07, 6.45) is 4.29. The van der Waals surface area contributed by atoms with Gasteiger partial charge in [-0.05, 0) is 31.2 Å². The van der Waals surface area contributed by atoms with E-state index in [1.165, 1.54) is 5.56 Å². The first-order valence-electron chi connectivity index (χ1n) is 7.21. The molecule has 1 aliphatic rings. The molecule has 4 heteroatoms. The summed E-state index contributed by atoms with van der Waals surface area (Å²) in [6.45, 7) is 0.531. The van der Waals surface area contributed by atoms with E-state index in [0.29, 0.717) is 19.4 Å². The van der Waals surface area contributed by atoms with Gasteiger partial charge in [0, 0.05) is 6.54 Å². The lowest BCUT2D eigenvalue weighted by Crippen LogP contribution is -2.45. The standard InChI is InChI=1S/C16H21NO3/c18-14(16(15(19)20)10-4-5-11-16)17-12-6-9-13-7-2-1-3-8-13/h1-3,7-8H,4-6,9-12H2,(H,17,18)(H,19,20). The normalized spacial score (nSPS) is 16.8. The van der Waals surface area contributed by atoms with Gasteiger partial charge in [-0.3, -0.25) is 9.59 Å². The van der Waals surface area contributed by atoms with Crippen LogP contribution < -0.4 is 5.32 Å². The van der Waals surface area contributed by atoms with E-state index in [2.05, 4.69) is 17.4 Å². The Balaban J connectivity index is 1.79. The molecule has 108 valence electrons. The predicted molar refractivity (Wildman–Crippen MR) is 76.3 cm³/mol. The second-order valence-electron chi connectivity index (χ2n) is 5.44. The highest BCUT2D eigenvalue weighted by Gasteiger charge is 2.47. The topological polar surface area (TPSA) is 66.4 Å². The van der Waals surface area contributed by atoms with Gasteiger partial charge in [0.2, 0.25) is 5.91 Å². The molecule has 0 unspecified atom stereocenters. The van der Waals surface area contributed by atoms with Gasteiger partial charge in [0.1, 0.15) is 5.41 Å². The minimum Gasteiger partial charge on any atom is -0.480 e. The van der Waals surface area contributed by atoms with Gasteiger partial charge < -0.3 is 10.4 Å². The monoisotopic (exact) mass is 275 g/mol. The summed E-state index contributed by atoms with van der Waals surface area (Å²) in [6, 6.07) is 10.1. The number of rotatable bonds is 6. The average Bonchev–Trinajstić information content (AvgIpc) is 2.95. The third-order valence-electron chi connectivity index (χ3n) is 4.07. The van der Waals surface area contributed by atoms with E-state index in [0.717, 1.165) is 25.7 Å². The fourth-order valence-corrected chi connectivity index (χ4v) is 2.82. The molecule has 1 fully saturated rings. The SMILES string of the molecule is O=C(O)C1(C(=O)NCCCc2ccccc2)CCCC1. The van der Waals surface area contributed by atoms with E-state index in [1.807, 2.05) is 18.2 Å². The van der Waals surface area contributed by atoms with Gasteiger partial charge in [-0.25, -0.2) is 0 Å². The molecule has 0 heterocycles. The number of carbonyl (C=O) groups excluding carboxylic acids is 1. The maximum atomic E-state index is 12.1. The van der Waals surface area contributed by atoms with Gasteiger partial charge in [0.05, 0.1) is 0 Å². The number of carboxylic acids is 1. The van der Waals surface area contributed by atoms with Crippen molar-refractivity contribution in [1.82, 2.24) is 5.32 Å². The summed E-state index contributed by atoms with van der Waals surface area (Å²) in [5.74, 6) is -1.29. The summed E-state index contributed by atoms with van der Waals surface area (Å²) >= 11 is 0. The van der Waals surface area contributed by atoms with E-state index in [4.69, 9.17) is 0 Å². The van der Waals surface area contributed by atoms with Crippen molar-refractivity contribution in [3.63, 3.8) is 0 Å². The molecule has 0 bridgehead atoms. The smallest absolute Gasteiger partial charge is 0.319 e. The highest BCUT2D eigenvalue weighted by atomic mass is 16.4. The van der Waals surface area contributed by atoms with E-state index in [1.54, 1.807) is 0 Å². The zero-order valence-electron chi connectivity index (χ0n) is 11.6. The Kier molecular flexibility index (Phi) is 4.77. The summed E-state index contributed by atoms with van der Waals surface area (Å²) < 4.78 is 0. The Morgan fingerprint density at radius 1 is 1.15 bits per heavy atom. The Hall–Kier alpha value is -1.84. The lowest BCUT2D eigenvalue weighted by molar-refractivity contribution is -0.155. The number of hydrogen-bond acceptors (Lipinski definition) is 2.